The molecule has 0 bridgehead atoms. The van der Waals surface area contributed by atoms with E-state index in [1.807, 2.05) is 6.92 Å². The molecule has 0 spiro atoms. The summed E-state index contributed by atoms with van der Waals surface area (Å²) >= 11 is 5.19. The van der Waals surface area contributed by atoms with E-state index in [0.29, 0.717) is 0 Å². The predicted molar refractivity (Wildman–Crippen MR) is 124 cm³/mol. The van der Waals surface area contributed by atoms with E-state index in [-0.39, 0.29) is 5.78 Å². The zero-order valence-electron chi connectivity index (χ0n) is 15.0. The molecule has 0 saturated heterocycles. The highest BCUT2D eigenvalue weighted by Gasteiger charge is 2.30. The monoisotopic (exact) mass is 414 g/mol. The molecule has 1 aliphatic carbocycles. The molecule has 0 saturated carbocycles. The van der Waals surface area contributed by atoms with Crippen LogP contribution < -0.4 is 0 Å². The fourth-order valence-corrected chi connectivity index (χ4v) is 7.30. The lowest BCUT2D eigenvalue weighted by molar-refractivity contribution is 0.104. The van der Waals surface area contributed by atoms with Crippen molar-refractivity contribution in [3.63, 3.8) is 0 Å². The third-order valence-electron chi connectivity index (χ3n) is 5.35. The minimum atomic E-state index is 0.173. The maximum atomic E-state index is 12.8. The molecular formula is C24H14OS3. The predicted octanol–water partition coefficient (Wildman–Crippen LogP) is 8.11. The lowest BCUT2D eigenvalue weighted by Gasteiger charge is -2.05. The average molecular weight is 415 g/mol. The quantitative estimate of drug-likeness (QED) is 0.285. The molecule has 0 N–H and O–H groups in total. The molecule has 5 aromatic rings. The summed E-state index contributed by atoms with van der Waals surface area (Å²) in [6.45, 7) is 1.92. The summed E-state index contributed by atoms with van der Waals surface area (Å²) < 4.78 is 2.56. The molecule has 0 unspecified atom stereocenters. The van der Waals surface area contributed by atoms with E-state index in [1.165, 1.54) is 41.7 Å². The van der Waals surface area contributed by atoms with Crippen LogP contribution >= 0.6 is 34.0 Å². The molecule has 28 heavy (non-hydrogen) atoms. The molecule has 0 radical (unpaired) electrons. The minimum Gasteiger partial charge on any atom is -0.288 e. The number of hydrogen-bond acceptors (Lipinski definition) is 4. The van der Waals surface area contributed by atoms with E-state index in [4.69, 9.17) is 0 Å². The van der Waals surface area contributed by atoms with Gasteiger partial charge in [0.05, 0.1) is 4.88 Å². The van der Waals surface area contributed by atoms with Gasteiger partial charge in [-0.3, -0.25) is 4.79 Å². The zero-order valence-corrected chi connectivity index (χ0v) is 17.4. The molecule has 0 aliphatic heterocycles. The van der Waals surface area contributed by atoms with Crippen LogP contribution in [0.15, 0.2) is 64.9 Å². The van der Waals surface area contributed by atoms with Crippen LogP contribution in [-0.4, -0.2) is 5.78 Å². The summed E-state index contributed by atoms with van der Waals surface area (Å²) in [5, 5.41) is 7.02. The minimum absolute atomic E-state index is 0.173. The number of fused-ring (bicyclic) bond motifs is 3. The Morgan fingerprint density at radius 3 is 2.07 bits per heavy atom. The van der Waals surface area contributed by atoms with Crippen LogP contribution in [0.1, 0.15) is 22.2 Å². The number of ketones is 1. The second kappa shape index (κ2) is 5.98. The van der Waals surface area contributed by atoms with Gasteiger partial charge < -0.3 is 0 Å². The van der Waals surface area contributed by atoms with Crippen molar-refractivity contribution in [1.29, 1.82) is 0 Å². The van der Waals surface area contributed by atoms with Gasteiger partial charge in [-0.15, -0.1) is 34.0 Å². The second-order valence-electron chi connectivity index (χ2n) is 7.00. The molecule has 3 heterocycles. The van der Waals surface area contributed by atoms with Crippen molar-refractivity contribution < 1.29 is 4.79 Å². The van der Waals surface area contributed by atoms with Crippen molar-refractivity contribution in [2.75, 3.05) is 0 Å². The summed E-state index contributed by atoms with van der Waals surface area (Å²) in [6.07, 6.45) is 2.08. The second-order valence-corrected chi connectivity index (χ2v) is 9.84. The maximum Gasteiger partial charge on any atom is 0.199 e. The van der Waals surface area contributed by atoms with E-state index in [9.17, 15) is 4.79 Å². The average Bonchev–Trinajstić information content (AvgIpc) is 3.46. The number of hydrogen-bond donors (Lipinski definition) is 0. The Kier molecular flexibility index (Phi) is 3.51. The van der Waals surface area contributed by atoms with Gasteiger partial charge >= 0.3 is 0 Å². The number of carbonyl (C=O) groups excluding carboxylic acids is 1. The molecule has 0 amide bonds. The van der Waals surface area contributed by atoms with Crippen LogP contribution in [0.25, 0.3) is 47.8 Å². The van der Waals surface area contributed by atoms with Crippen LogP contribution in [-0.2, 0) is 0 Å². The number of rotatable bonds is 2. The lowest BCUT2D eigenvalue weighted by atomic mass is 9.97. The standard InChI is InChI=1S/C24H14OS3/c1-13-10-16-21(17-11-26-19-8-4-2-6-14(17)19)23(28-24(16)22(13)25)18-12-27-20-9-5-3-7-15(18)20/h2-12H,1H3. The van der Waals surface area contributed by atoms with Crippen LogP contribution in [0.3, 0.4) is 0 Å². The first-order valence-electron chi connectivity index (χ1n) is 9.05. The van der Waals surface area contributed by atoms with E-state index in [1.54, 1.807) is 34.0 Å². The molecular weight excluding hydrogens is 400 g/mol. The fourth-order valence-electron chi connectivity index (χ4n) is 3.99. The Labute approximate surface area is 174 Å². The third kappa shape index (κ3) is 2.20. The highest BCUT2D eigenvalue weighted by molar-refractivity contribution is 7.21. The first-order valence-corrected chi connectivity index (χ1v) is 11.6. The van der Waals surface area contributed by atoms with E-state index >= 15 is 0 Å². The molecule has 0 fully saturated rings. The number of Topliss-reactive ketones (excluding diaryl/α,β-unsaturated/α-hetero) is 1. The Morgan fingerprint density at radius 1 is 0.750 bits per heavy atom. The Bertz CT molecular complexity index is 1440. The Balaban J connectivity index is 1.73. The van der Waals surface area contributed by atoms with Gasteiger partial charge in [-0.25, -0.2) is 0 Å². The first-order chi connectivity index (χ1) is 13.7. The number of benzene rings is 2. The van der Waals surface area contributed by atoms with Crippen LogP contribution in [0.5, 0.6) is 0 Å². The normalized spacial score (nSPS) is 13.5. The van der Waals surface area contributed by atoms with Crippen molar-refractivity contribution in [3.05, 3.63) is 75.3 Å². The van der Waals surface area contributed by atoms with Crippen molar-refractivity contribution in [1.82, 2.24) is 0 Å². The van der Waals surface area contributed by atoms with Gasteiger partial charge in [-0.05, 0) is 36.1 Å². The summed E-state index contributed by atoms with van der Waals surface area (Å²) in [4.78, 5) is 14.9. The largest absolute Gasteiger partial charge is 0.288 e. The maximum absolute atomic E-state index is 12.8. The molecule has 2 aromatic carbocycles. The summed E-state index contributed by atoms with van der Waals surface area (Å²) in [6, 6.07) is 17.1. The van der Waals surface area contributed by atoms with Gasteiger partial charge in [-0.1, -0.05) is 36.4 Å². The molecule has 0 atom stereocenters. The molecule has 6 rings (SSSR count). The Morgan fingerprint density at radius 2 is 1.36 bits per heavy atom. The first kappa shape index (κ1) is 16.4. The summed E-state index contributed by atoms with van der Waals surface area (Å²) in [5.41, 5.74) is 5.63. The highest BCUT2D eigenvalue weighted by Crippen LogP contribution is 2.51. The smallest absolute Gasteiger partial charge is 0.199 e. The van der Waals surface area contributed by atoms with Gasteiger partial charge in [0, 0.05) is 52.7 Å². The molecule has 1 aliphatic rings. The van der Waals surface area contributed by atoms with Crippen LogP contribution in [0.2, 0.25) is 0 Å². The number of allylic oxidation sites excluding steroid dienone is 1. The van der Waals surface area contributed by atoms with E-state index in [2.05, 4.69) is 65.4 Å². The van der Waals surface area contributed by atoms with Gasteiger partial charge in [0.1, 0.15) is 0 Å². The number of carbonyl (C=O) groups is 1. The number of thiophene rings is 3. The van der Waals surface area contributed by atoms with Crippen molar-refractivity contribution in [2.45, 2.75) is 6.92 Å². The van der Waals surface area contributed by atoms with Crippen molar-refractivity contribution in [3.8, 4) is 21.6 Å². The lowest BCUT2D eigenvalue weighted by Crippen LogP contribution is -1.90. The highest BCUT2D eigenvalue weighted by atomic mass is 32.1. The van der Waals surface area contributed by atoms with Gasteiger partial charge in [0.15, 0.2) is 5.78 Å². The molecule has 4 heteroatoms. The SMILES string of the molecule is CC1=Cc2c(sc(-c3csc4ccccc34)c2-c2csc3ccccc23)C1=O. The van der Waals surface area contributed by atoms with E-state index < -0.39 is 0 Å². The third-order valence-corrected chi connectivity index (χ3v) is 8.51. The fraction of sp³-hybridized carbons (Fsp3) is 0.0417. The molecule has 3 aromatic heterocycles. The van der Waals surface area contributed by atoms with Crippen molar-refractivity contribution in [2.24, 2.45) is 0 Å². The summed E-state index contributed by atoms with van der Waals surface area (Å²) in [7, 11) is 0. The van der Waals surface area contributed by atoms with Crippen LogP contribution in [0.4, 0.5) is 0 Å². The van der Waals surface area contributed by atoms with Gasteiger partial charge in [-0.2, -0.15) is 0 Å². The molecule has 1 nitrogen and oxygen atoms in total. The molecule has 134 valence electrons. The van der Waals surface area contributed by atoms with E-state index in [0.717, 1.165) is 16.0 Å². The van der Waals surface area contributed by atoms with Gasteiger partial charge in [0.25, 0.3) is 0 Å². The summed E-state index contributed by atoms with van der Waals surface area (Å²) in [5.74, 6) is 0.173. The zero-order chi connectivity index (χ0) is 18.8. The topological polar surface area (TPSA) is 17.1 Å². The Hall–Kier alpha value is -2.53. The van der Waals surface area contributed by atoms with Crippen molar-refractivity contribution >= 4 is 66.0 Å². The van der Waals surface area contributed by atoms with Crippen LogP contribution in [0, 0.1) is 0 Å². The van der Waals surface area contributed by atoms with Gasteiger partial charge in [0.2, 0.25) is 0 Å².